The minimum absolute atomic E-state index is 0.182. The van der Waals surface area contributed by atoms with Crippen LogP contribution in [0, 0.1) is 0 Å². The van der Waals surface area contributed by atoms with Crippen LogP contribution in [-0.4, -0.2) is 50.6 Å². The molecule has 3 aliphatic heterocycles. The van der Waals surface area contributed by atoms with Crippen molar-refractivity contribution in [3.63, 3.8) is 0 Å². The summed E-state index contributed by atoms with van der Waals surface area (Å²) in [4.78, 5) is 0. The summed E-state index contributed by atoms with van der Waals surface area (Å²) in [5.41, 5.74) is 3.87. The SMILES string of the molecule is CCOCOc1cccc2c1CO[C@@]1(C=C2)O[C@H](C)[C@]2(C=Cc3cccc(OCOCC)c3CO2)O[C@@H]1C. The van der Waals surface area contributed by atoms with E-state index in [1.165, 1.54) is 0 Å². The zero-order valence-corrected chi connectivity index (χ0v) is 22.4. The highest BCUT2D eigenvalue weighted by atomic mass is 16.8. The van der Waals surface area contributed by atoms with Crippen LogP contribution < -0.4 is 9.47 Å². The number of hydrogen-bond donors (Lipinski definition) is 0. The Labute approximate surface area is 224 Å². The van der Waals surface area contributed by atoms with Crippen molar-refractivity contribution in [1.82, 2.24) is 0 Å². The summed E-state index contributed by atoms with van der Waals surface area (Å²) >= 11 is 0. The van der Waals surface area contributed by atoms with E-state index in [1.54, 1.807) is 0 Å². The van der Waals surface area contributed by atoms with Crippen LogP contribution in [-0.2, 0) is 41.6 Å². The molecule has 8 heteroatoms. The lowest BCUT2D eigenvalue weighted by Crippen LogP contribution is -2.62. The Morgan fingerprint density at radius 2 is 1.16 bits per heavy atom. The van der Waals surface area contributed by atoms with Crippen LogP contribution in [0.15, 0.2) is 48.6 Å². The second-order valence-electron chi connectivity index (χ2n) is 9.36. The van der Waals surface area contributed by atoms with Gasteiger partial charge < -0.3 is 37.9 Å². The molecule has 0 bridgehead atoms. The third-order valence-electron chi connectivity index (χ3n) is 7.07. The Morgan fingerprint density at radius 3 is 1.58 bits per heavy atom. The highest BCUT2D eigenvalue weighted by Crippen LogP contribution is 2.44. The lowest BCUT2D eigenvalue weighted by Gasteiger charge is -2.50. The molecule has 0 saturated carbocycles. The van der Waals surface area contributed by atoms with Crippen LogP contribution in [0.2, 0.25) is 0 Å². The molecule has 2 aromatic carbocycles. The summed E-state index contributed by atoms with van der Waals surface area (Å²) < 4.78 is 48.5. The van der Waals surface area contributed by atoms with Crippen molar-refractivity contribution < 1.29 is 37.9 Å². The van der Waals surface area contributed by atoms with E-state index in [-0.39, 0.29) is 13.6 Å². The number of hydrogen-bond acceptors (Lipinski definition) is 8. The van der Waals surface area contributed by atoms with Gasteiger partial charge in [0.15, 0.2) is 13.6 Å². The third kappa shape index (κ3) is 5.25. The van der Waals surface area contributed by atoms with Crippen LogP contribution in [0.5, 0.6) is 11.5 Å². The molecular weight excluding hydrogens is 488 g/mol. The first-order valence-corrected chi connectivity index (χ1v) is 13.2. The zero-order valence-electron chi connectivity index (χ0n) is 22.4. The number of fused-ring (bicyclic) bond motifs is 2. The summed E-state index contributed by atoms with van der Waals surface area (Å²) in [5.74, 6) is -0.741. The molecule has 4 atom stereocenters. The zero-order chi connectivity index (χ0) is 26.6. The van der Waals surface area contributed by atoms with Crippen LogP contribution in [0.1, 0.15) is 49.9 Å². The fourth-order valence-corrected chi connectivity index (χ4v) is 4.87. The normalized spacial score (nSPS) is 28.0. The monoisotopic (exact) mass is 524 g/mol. The van der Waals surface area contributed by atoms with Crippen molar-refractivity contribution in [2.24, 2.45) is 0 Å². The molecule has 0 N–H and O–H groups in total. The van der Waals surface area contributed by atoms with Crippen molar-refractivity contribution in [2.75, 3.05) is 26.8 Å². The average molecular weight is 525 g/mol. The van der Waals surface area contributed by atoms with Gasteiger partial charge in [0, 0.05) is 24.3 Å². The van der Waals surface area contributed by atoms with E-state index >= 15 is 0 Å². The van der Waals surface area contributed by atoms with Gasteiger partial charge >= 0.3 is 0 Å². The lowest BCUT2D eigenvalue weighted by atomic mass is 10.0. The van der Waals surface area contributed by atoms with E-state index in [9.17, 15) is 0 Å². The van der Waals surface area contributed by atoms with Gasteiger partial charge in [0.1, 0.15) is 23.7 Å². The van der Waals surface area contributed by atoms with E-state index in [2.05, 4.69) is 0 Å². The summed E-state index contributed by atoms with van der Waals surface area (Å²) in [7, 11) is 0. The summed E-state index contributed by atoms with van der Waals surface area (Å²) in [6, 6.07) is 11.8. The topological polar surface area (TPSA) is 73.8 Å². The average Bonchev–Trinajstić information content (AvgIpc) is 3.23. The quantitative estimate of drug-likeness (QED) is 0.334. The molecule has 204 valence electrons. The molecular formula is C30H36O8. The predicted molar refractivity (Wildman–Crippen MR) is 141 cm³/mol. The fraction of sp³-hybridized carbons (Fsp3) is 0.467. The molecule has 5 rings (SSSR count). The molecule has 2 aromatic rings. The van der Waals surface area contributed by atoms with Crippen molar-refractivity contribution in [2.45, 2.75) is 64.7 Å². The van der Waals surface area contributed by atoms with Gasteiger partial charge in [0.2, 0.25) is 11.6 Å². The molecule has 8 nitrogen and oxygen atoms in total. The van der Waals surface area contributed by atoms with Crippen LogP contribution in [0.3, 0.4) is 0 Å². The molecule has 3 aliphatic rings. The Hall–Kier alpha value is -2.72. The minimum Gasteiger partial charge on any atom is -0.467 e. The molecule has 0 aliphatic carbocycles. The molecule has 3 heterocycles. The largest absolute Gasteiger partial charge is 0.467 e. The van der Waals surface area contributed by atoms with Gasteiger partial charge in [-0.1, -0.05) is 36.4 Å². The van der Waals surface area contributed by atoms with Crippen LogP contribution in [0.25, 0.3) is 12.2 Å². The molecule has 0 amide bonds. The molecule has 2 spiro atoms. The molecule has 38 heavy (non-hydrogen) atoms. The predicted octanol–water partition coefficient (Wildman–Crippen LogP) is 5.44. The molecule has 1 fully saturated rings. The first kappa shape index (κ1) is 26.9. The van der Waals surface area contributed by atoms with E-state index in [1.807, 2.05) is 88.4 Å². The maximum absolute atomic E-state index is 6.61. The van der Waals surface area contributed by atoms with E-state index in [4.69, 9.17) is 37.9 Å². The Kier molecular flexibility index (Phi) is 8.18. The van der Waals surface area contributed by atoms with Crippen molar-refractivity contribution in [1.29, 1.82) is 0 Å². The van der Waals surface area contributed by atoms with Gasteiger partial charge in [-0.2, -0.15) is 0 Å². The van der Waals surface area contributed by atoms with Gasteiger partial charge in [-0.25, -0.2) is 0 Å². The Morgan fingerprint density at radius 1 is 0.711 bits per heavy atom. The Balaban J connectivity index is 1.33. The van der Waals surface area contributed by atoms with Gasteiger partial charge in [-0.3, -0.25) is 0 Å². The maximum atomic E-state index is 6.61. The summed E-state index contributed by atoms with van der Waals surface area (Å²) in [5, 5.41) is 0. The number of rotatable bonds is 8. The van der Waals surface area contributed by atoms with E-state index in [0.717, 1.165) is 33.8 Å². The molecule has 0 radical (unpaired) electrons. The summed E-state index contributed by atoms with van der Waals surface area (Å²) in [6.07, 6.45) is 6.90. The van der Waals surface area contributed by atoms with E-state index < -0.39 is 23.8 Å². The molecule has 0 unspecified atom stereocenters. The second-order valence-corrected chi connectivity index (χ2v) is 9.36. The van der Waals surface area contributed by atoms with E-state index in [0.29, 0.717) is 26.4 Å². The van der Waals surface area contributed by atoms with Crippen LogP contribution >= 0.6 is 0 Å². The maximum Gasteiger partial charge on any atom is 0.215 e. The minimum atomic E-state index is -1.09. The van der Waals surface area contributed by atoms with Gasteiger partial charge in [0.25, 0.3) is 0 Å². The van der Waals surface area contributed by atoms with Crippen molar-refractivity contribution >= 4 is 12.2 Å². The standard InChI is InChI=1S/C30H36O8/c1-5-31-19-33-27-11-7-9-23-13-15-29(35-17-25(23)27)21(3)38-30(22(4)37-29)16-14-24-10-8-12-28(26(24)18-36-30)34-20-32-6-2/h7-16,21-22H,5-6,17-20H2,1-4H3/t21-,22-,29+,30+/m1/s1. The van der Waals surface area contributed by atoms with Crippen molar-refractivity contribution in [3.05, 3.63) is 70.8 Å². The number of benzene rings is 2. The highest BCUT2D eigenvalue weighted by molar-refractivity contribution is 5.61. The summed E-state index contributed by atoms with van der Waals surface area (Å²) in [6.45, 7) is 9.85. The number of ether oxygens (including phenoxy) is 8. The third-order valence-corrected chi connectivity index (χ3v) is 7.07. The van der Waals surface area contributed by atoms with Gasteiger partial charge in [0.05, 0.1) is 13.2 Å². The first-order chi connectivity index (χ1) is 18.5. The first-order valence-electron chi connectivity index (χ1n) is 13.2. The van der Waals surface area contributed by atoms with Gasteiger partial charge in [-0.05, 0) is 63.1 Å². The lowest BCUT2D eigenvalue weighted by molar-refractivity contribution is -0.408. The fourth-order valence-electron chi connectivity index (χ4n) is 4.87. The van der Waals surface area contributed by atoms with Crippen molar-refractivity contribution in [3.8, 4) is 11.5 Å². The Bertz CT molecular complexity index is 1090. The second kappa shape index (κ2) is 11.6. The van der Waals surface area contributed by atoms with Crippen LogP contribution in [0.4, 0.5) is 0 Å². The molecule has 1 saturated heterocycles. The smallest absolute Gasteiger partial charge is 0.215 e. The van der Waals surface area contributed by atoms with Gasteiger partial charge in [-0.15, -0.1) is 0 Å². The highest BCUT2D eigenvalue weighted by Gasteiger charge is 2.54. The molecule has 0 aromatic heterocycles.